The van der Waals surface area contributed by atoms with Gasteiger partial charge < -0.3 is 4.42 Å². The molecular formula is C7H6Cl2N4OS. The lowest BCUT2D eigenvalue weighted by atomic mass is 10.5. The van der Waals surface area contributed by atoms with Gasteiger partial charge in [0.2, 0.25) is 0 Å². The highest BCUT2D eigenvalue weighted by atomic mass is 35.5. The van der Waals surface area contributed by atoms with Crippen molar-refractivity contribution in [2.24, 2.45) is 5.92 Å². The predicted molar refractivity (Wildman–Crippen MR) is 56.3 cm³/mol. The first-order chi connectivity index (χ1) is 7.15. The fourth-order valence-corrected chi connectivity index (χ4v) is 2.96. The zero-order valence-corrected chi connectivity index (χ0v) is 9.76. The third kappa shape index (κ3) is 1.81. The maximum atomic E-state index is 5.90. The maximum Gasteiger partial charge on any atom is 0.345 e. The summed E-state index contributed by atoms with van der Waals surface area (Å²) < 4.78 is 6.26. The number of hydrogen-bond donors (Lipinski definition) is 0. The molecule has 3 rings (SSSR count). The van der Waals surface area contributed by atoms with Gasteiger partial charge in [-0.25, -0.2) is 0 Å². The predicted octanol–water partition coefficient (Wildman–Crippen LogP) is 2.00. The molecule has 15 heavy (non-hydrogen) atoms. The Labute approximate surface area is 99.1 Å². The van der Waals surface area contributed by atoms with Gasteiger partial charge in [0.25, 0.3) is 5.22 Å². The molecule has 1 saturated carbocycles. The van der Waals surface area contributed by atoms with Crippen LogP contribution in [0.25, 0.3) is 5.84 Å². The van der Waals surface area contributed by atoms with Crippen molar-refractivity contribution in [3.05, 3.63) is 6.33 Å². The third-order valence-electron chi connectivity index (χ3n) is 2.23. The lowest BCUT2D eigenvalue weighted by Gasteiger charge is -1.95. The van der Waals surface area contributed by atoms with E-state index < -0.39 is 4.33 Å². The molecule has 2 aromatic rings. The number of fused-ring (bicyclic) bond motifs is 1. The summed E-state index contributed by atoms with van der Waals surface area (Å²) in [6.45, 7) is 0. The SMILES string of the molecule is ClC1(Cl)CC1CSc1nn2cnnc2o1. The Morgan fingerprint density at radius 1 is 1.67 bits per heavy atom. The first kappa shape index (κ1) is 9.74. The van der Waals surface area contributed by atoms with Gasteiger partial charge in [0, 0.05) is 11.7 Å². The molecule has 1 atom stereocenters. The van der Waals surface area contributed by atoms with Crippen molar-refractivity contribution in [2.75, 3.05) is 5.75 Å². The fourth-order valence-electron chi connectivity index (χ4n) is 1.22. The second kappa shape index (κ2) is 3.26. The Bertz CT molecular complexity index is 467. The molecular weight excluding hydrogens is 259 g/mol. The molecule has 0 radical (unpaired) electrons. The van der Waals surface area contributed by atoms with Crippen LogP contribution in [0.3, 0.4) is 0 Å². The van der Waals surface area contributed by atoms with E-state index in [1.807, 2.05) is 0 Å². The quantitative estimate of drug-likeness (QED) is 0.627. The number of thioether (sulfide) groups is 1. The monoisotopic (exact) mass is 264 g/mol. The van der Waals surface area contributed by atoms with Crippen LogP contribution >= 0.6 is 35.0 Å². The molecule has 1 fully saturated rings. The van der Waals surface area contributed by atoms with E-state index in [1.165, 1.54) is 22.6 Å². The summed E-state index contributed by atoms with van der Waals surface area (Å²) in [4.78, 5) is 0. The average molecular weight is 265 g/mol. The van der Waals surface area contributed by atoms with Crippen molar-refractivity contribution in [1.29, 1.82) is 0 Å². The van der Waals surface area contributed by atoms with Crippen molar-refractivity contribution in [3.8, 4) is 0 Å². The fraction of sp³-hybridized carbons (Fsp3) is 0.571. The van der Waals surface area contributed by atoms with Crippen LogP contribution in [0.1, 0.15) is 6.42 Å². The van der Waals surface area contributed by atoms with Crippen molar-refractivity contribution in [1.82, 2.24) is 19.8 Å². The molecule has 2 heterocycles. The summed E-state index contributed by atoms with van der Waals surface area (Å²) >= 11 is 13.3. The zero-order valence-electron chi connectivity index (χ0n) is 7.43. The highest BCUT2D eigenvalue weighted by Gasteiger charge is 2.51. The molecule has 0 bridgehead atoms. The van der Waals surface area contributed by atoms with Gasteiger partial charge in [-0.15, -0.1) is 33.4 Å². The van der Waals surface area contributed by atoms with Crippen LogP contribution in [0, 0.1) is 5.92 Å². The Kier molecular flexibility index (Phi) is 2.12. The first-order valence-electron chi connectivity index (χ1n) is 4.32. The lowest BCUT2D eigenvalue weighted by molar-refractivity contribution is 0.478. The first-order valence-corrected chi connectivity index (χ1v) is 6.07. The van der Waals surface area contributed by atoms with Crippen molar-refractivity contribution in [2.45, 2.75) is 16.0 Å². The summed E-state index contributed by atoms with van der Waals surface area (Å²) in [6, 6.07) is 0. The van der Waals surface area contributed by atoms with E-state index in [9.17, 15) is 0 Å². The average Bonchev–Trinajstić information content (AvgIpc) is 2.54. The van der Waals surface area contributed by atoms with E-state index >= 15 is 0 Å². The molecule has 1 aliphatic rings. The van der Waals surface area contributed by atoms with Crippen LogP contribution in [-0.2, 0) is 0 Å². The van der Waals surface area contributed by atoms with Gasteiger partial charge in [-0.05, 0) is 6.42 Å². The highest BCUT2D eigenvalue weighted by molar-refractivity contribution is 7.99. The molecule has 0 aromatic carbocycles. The third-order valence-corrected chi connectivity index (χ3v) is 4.14. The minimum Gasteiger partial charge on any atom is -0.396 e. The molecule has 0 N–H and O–H groups in total. The van der Waals surface area contributed by atoms with Gasteiger partial charge in [-0.1, -0.05) is 16.9 Å². The van der Waals surface area contributed by atoms with Crippen LogP contribution in [0.4, 0.5) is 0 Å². The summed E-state index contributed by atoms with van der Waals surface area (Å²) in [5.74, 6) is 1.53. The van der Waals surface area contributed by atoms with Crippen LogP contribution in [0.15, 0.2) is 16.0 Å². The maximum absolute atomic E-state index is 5.90. The summed E-state index contributed by atoms with van der Waals surface area (Å²) in [7, 11) is 0. The van der Waals surface area contributed by atoms with Crippen LogP contribution in [0.5, 0.6) is 0 Å². The summed E-state index contributed by atoms with van der Waals surface area (Å²) in [5.41, 5.74) is 0. The number of hydrogen-bond acceptors (Lipinski definition) is 5. The van der Waals surface area contributed by atoms with E-state index in [-0.39, 0.29) is 0 Å². The number of rotatable bonds is 3. The van der Waals surface area contributed by atoms with Crippen LogP contribution < -0.4 is 0 Å². The van der Waals surface area contributed by atoms with Gasteiger partial charge >= 0.3 is 5.84 Å². The molecule has 2 aromatic heterocycles. The normalized spacial score (nSPS) is 23.5. The molecule has 0 aliphatic heterocycles. The summed E-state index contributed by atoms with van der Waals surface area (Å²) in [5, 5.41) is 12.1. The van der Waals surface area contributed by atoms with Crippen molar-refractivity contribution >= 4 is 40.8 Å². The molecule has 80 valence electrons. The van der Waals surface area contributed by atoms with Crippen molar-refractivity contribution < 1.29 is 4.42 Å². The van der Waals surface area contributed by atoms with E-state index in [0.29, 0.717) is 17.0 Å². The van der Waals surface area contributed by atoms with Gasteiger partial charge in [-0.3, -0.25) is 0 Å². The Hall–Kier alpha value is -0.460. The molecule has 0 amide bonds. The number of halogens is 2. The van der Waals surface area contributed by atoms with Crippen molar-refractivity contribution in [3.63, 3.8) is 0 Å². The number of aromatic nitrogens is 4. The molecule has 0 saturated heterocycles. The van der Waals surface area contributed by atoms with Crippen LogP contribution in [0.2, 0.25) is 0 Å². The number of nitrogens with zero attached hydrogens (tertiary/aromatic N) is 4. The van der Waals surface area contributed by atoms with E-state index in [1.54, 1.807) is 0 Å². The molecule has 1 unspecified atom stereocenters. The Morgan fingerprint density at radius 3 is 3.13 bits per heavy atom. The molecule has 8 heteroatoms. The second-order valence-electron chi connectivity index (χ2n) is 3.40. The van der Waals surface area contributed by atoms with E-state index in [2.05, 4.69) is 15.3 Å². The molecule has 5 nitrogen and oxygen atoms in total. The van der Waals surface area contributed by atoms with Gasteiger partial charge in [0.15, 0.2) is 0 Å². The Morgan fingerprint density at radius 2 is 2.47 bits per heavy atom. The topological polar surface area (TPSA) is 56.2 Å². The number of alkyl halides is 2. The Balaban J connectivity index is 1.66. The largest absolute Gasteiger partial charge is 0.396 e. The molecule has 1 aliphatic carbocycles. The molecule has 0 spiro atoms. The highest BCUT2D eigenvalue weighted by Crippen LogP contribution is 2.54. The minimum atomic E-state index is -0.540. The van der Waals surface area contributed by atoms with Crippen LogP contribution in [-0.4, -0.2) is 29.9 Å². The van der Waals surface area contributed by atoms with E-state index in [4.69, 9.17) is 27.6 Å². The van der Waals surface area contributed by atoms with Gasteiger partial charge in [0.1, 0.15) is 10.7 Å². The minimum absolute atomic E-state index is 0.322. The summed E-state index contributed by atoms with van der Waals surface area (Å²) in [6.07, 6.45) is 2.33. The van der Waals surface area contributed by atoms with Gasteiger partial charge in [0.05, 0.1) is 0 Å². The van der Waals surface area contributed by atoms with E-state index in [0.717, 1.165) is 12.2 Å². The standard InChI is InChI=1S/C7H6Cl2N4OS/c8-7(9)1-4(7)2-15-6-12-13-3-10-11-5(13)14-6/h3-4H,1-2H2. The lowest BCUT2D eigenvalue weighted by Crippen LogP contribution is -1.93. The second-order valence-corrected chi connectivity index (χ2v) is 5.91. The smallest absolute Gasteiger partial charge is 0.345 e. The zero-order chi connectivity index (χ0) is 10.5. The van der Waals surface area contributed by atoms with Gasteiger partial charge in [-0.2, -0.15) is 4.52 Å².